The van der Waals surface area contributed by atoms with Crippen molar-refractivity contribution in [1.82, 2.24) is 4.90 Å². The highest BCUT2D eigenvalue weighted by atomic mass is 19.4. The van der Waals surface area contributed by atoms with E-state index in [0.717, 1.165) is 11.1 Å². The number of anilines is 1. The fourth-order valence-corrected chi connectivity index (χ4v) is 2.34. The minimum Gasteiger partial charge on any atom is -0.369 e. The van der Waals surface area contributed by atoms with Crippen LogP contribution in [-0.2, 0) is 22.6 Å². The largest absolute Gasteiger partial charge is 0.401 e. The van der Waals surface area contributed by atoms with Crippen LogP contribution >= 0.6 is 0 Å². The van der Waals surface area contributed by atoms with Gasteiger partial charge in [-0.15, -0.1) is 0 Å². The molecule has 0 radical (unpaired) electrons. The summed E-state index contributed by atoms with van der Waals surface area (Å²) >= 11 is 0. The molecular weight excluding hydrogens is 297 g/mol. The molecule has 0 bridgehead atoms. The maximum Gasteiger partial charge on any atom is 0.401 e. The van der Waals surface area contributed by atoms with E-state index in [0.29, 0.717) is 5.69 Å². The zero-order chi connectivity index (χ0) is 16.5. The van der Waals surface area contributed by atoms with Gasteiger partial charge in [-0.1, -0.05) is 12.1 Å². The van der Waals surface area contributed by atoms with Crippen LogP contribution in [0.1, 0.15) is 25.0 Å². The van der Waals surface area contributed by atoms with Crippen LogP contribution < -0.4 is 5.32 Å². The first-order chi connectivity index (χ1) is 10.1. The normalized spacial score (nSPS) is 15.7. The van der Waals surface area contributed by atoms with Crippen LogP contribution in [-0.4, -0.2) is 36.2 Å². The summed E-state index contributed by atoms with van der Waals surface area (Å²) in [6, 6.07) is 5.20. The number of rotatable bonds is 4. The van der Waals surface area contributed by atoms with E-state index >= 15 is 0 Å². The van der Waals surface area contributed by atoms with Crippen LogP contribution in [0.3, 0.4) is 0 Å². The average molecular weight is 316 g/mol. The van der Waals surface area contributed by atoms with Crippen molar-refractivity contribution < 1.29 is 22.7 Å². The molecule has 1 amide bonds. The number of carbonyl (C=O) groups excluding carboxylic acids is 1. The summed E-state index contributed by atoms with van der Waals surface area (Å²) in [5.41, 5.74) is 1.06. The van der Waals surface area contributed by atoms with Crippen molar-refractivity contribution in [2.45, 2.75) is 38.7 Å². The number of carbonyl (C=O) groups is 1. The Bertz CT molecular complexity index is 570. The van der Waals surface area contributed by atoms with Gasteiger partial charge in [0.15, 0.2) is 0 Å². The number of methoxy groups -OCH3 is 1. The van der Waals surface area contributed by atoms with Crippen molar-refractivity contribution in [1.29, 1.82) is 0 Å². The number of alkyl halides is 3. The smallest absolute Gasteiger partial charge is 0.369 e. The van der Waals surface area contributed by atoms with E-state index in [1.807, 2.05) is 0 Å². The van der Waals surface area contributed by atoms with E-state index in [9.17, 15) is 18.0 Å². The number of ether oxygens (including phenoxy) is 1. The fraction of sp³-hybridized carbons (Fsp3) is 0.533. The number of hydrogen-bond acceptors (Lipinski definition) is 3. The fourth-order valence-electron chi connectivity index (χ4n) is 2.34. The molecule has 4 nitrogen and oxygen atoms in total. The predicted octanol–water partition coefficient (Wildman–Crippen LogP) is 2.93. The molecule has 0 fully saturated rings. The minimum absolute atomic E-state index is 0.165. The second-order valence-electron chi connectivity index (χ2n) is 5.87. The topological polar surface area (TPSA) is 41.6 Å². The third-order valence-corrected chi connectivity index (χ3v) is 3.76. The monoisotopic (exact) mass is 316 g/mol. The van der Waals surface area contributed by atoms with Gasteiger partial charge in [-0.2, -0.15) is 13.2 Å². The van der Waals surface area contributed by atoms with E-state index < -0.39 is 18.3 Å². The predicted molar refractivity (Wildman–Crippen MR) is 76.3 cm³/mol. The van der Waals surface area contributed by atoms with Gasteiger partial charge in [0.1, 0.15) is 5.60 Å². The maximum absolute atomic E-state index is 12.5. The molecule has 1 heterocycles. The van der Waals surface area contributed by atoms with Crippen LogP contribution in [0.25, 0.3) is 0 Å². The number of halogens is 3. The molecule has 1 N–H and O–H groups in total. The Morgan fingerprint density at radius 2 is 2.00 bits per heavy atom. The second-order valence-corrected chi connectivity index (χ2v) is 5.87. The van der Waals surface area contributed by atoms with Gasteiger partial charge in [0.25, 0.3) is 5.91 Å². The first kappa shape index (κ1) is 16.8. The van der Waals surface area contributed by atoms with Gasteiger partial charge in [0.05, 0.1) is 6.54 Å². The van der Waals surface area contributed by atoms with Crippen molar-refractivity contribution in [3.63, 3.8) is 0 Å². The van der Waals surface area contributed by atoms with Gasteiger partial charge in [-0.25, -0.2) is 0 Å². The summed E-state index contributed by atoms with van der Waals surface area (Å²) < 4.78 is 42.7. The van der Waals surface area contributed by atoms with Crippen molar-refractivity contribution >= 4 is 11.6 Å². The van der Waals surface area contributed by atoms with Gasteiger partial charge in [0, 0.05) is 25.9 Å². The molecule has 0 aliphatic carbocycles. The molecule has 0 unspecified atom stereocenters. The molecule has 2 rings (SSSR count). The molecule has 1 aromatic carbocycles. The van der Waals surface area contributed by atoms with Crippen LogP contribution in [0, 0.1) is 0 Å². The molecule has 0 atom stereocenters. The summed E-state index contributed by atoms with van der Waals surface area (Å²) in [7, 11) is 1.43. The summed E-state index contributed by atoms with van der Waals surface area (Å²) in [4.78, 5) is 13.5. The van der Waals surface area contributed by atoms with E-state index in [-0.39, 0.29) is 19.0 Å². The molecule has 1 aliphatic rings. The summed E-state index contributed by atoms with van der Waals surface area (Å²) in [6.07, 6.45) is -4.23. The Morgan fingerprint density at radius 1 is 1.32 bits per heavy atom. The van der Waals surface area contributed by atoms with Crippen molar-refractivity contribution in [3.05, 3.63) is 29.3 Å². The quantitative estimate of drug-likeness (QED) is 0.928. The summed E-state index contributed by atoms with van der Waals surface area (Å²) in [5.74, 6) is -0.335. The highest BCUT2D eigenvalue weighted by molar-refractivity contribution is 5.97. The molecule has 0 saturated heterocycles. The summed E-state index contributed by atoms with van der Waals surface area (Å²) in [5, 5.41) is 2.75. The lowest BCUT2D eigenvalue weighted by molar-refractivity contribution is -0.147. The lowest BCUT2D eigenvalue weighted by Crippen LogP contribution is -2.39. The second kappa shape index (κ2) is 5.89. The zero-order valence-electron chi connectivity index (χ0n) is 12.8. The first-order valence-electron chi connectivity index (χ1n) is 6.89. The SMILES string of the molecule is COC(C)(C)C(=O)Nc1cccc2c1CN(CC(F)(F)F)C2. The van der Waals surface area contributed by atoms with Gasteiger partial charge in [-0.3, -0.25) is 9.69 Å². The lowest BCUT2D eigenvalue weighted by atomic mass is 10.1. The van der Waals surface area contributed by atoms with E-state index in [1.165, 1.54) is 12.0 Å². The molecule has 122 valence electrons. The molecule has 0 aromatic heterocycles. The molecular formula is C15H19F3N2O2. The lowest BCUT2D eigenvalue weighted by Gasteiger charge is -2.22. The van der Waals surface area contributed by atoms with Crippen molar-refractivity contribution in [2.75, 3.05) is 19.0 Å². The Morgan fingerprint density at radius 3 is 2.59 bits per heavy atom. The molecule has 1 aromatic rings. The Labute approximate surface area is 127 Å². The van der Waals surface area contributed by atoms with Gasteiger partial charge in [0.2, 0.25) is 0 Å². The number of nitrogens with zero attached hydrogens (tertiary/aromatic N) is 1. The van der Waals surface area contributed by atoms with Gasteiger partial charge in [-0.05, 0) is 31.0 Å². The molecule has 0 spiro atoms. The number of benzene rings is 1. The summed E-state index contributed by atoms with van der Waals surface area (Å²) in [6.45, 7) is 2.69. The zero-order valence-corrected chi connectivity index (χ0v) is 12.8. The van der Waals surface area contributed by atoms with Crippen molar-refractivity contribution in [2.24, 2.45) is 0 Å². The Kier molecular flexibility index (Phi) is 4.49. The van der Waals surface area contributed by atoms with E-state index in [1.54, 1.807) is 32.0 Å². The maximum atomic E-state index is 12.5. The molecule has 7 heteroatoms. The Balaban J connectivity index is 2.15. The minimum atomic E-state index is -4.23. The number of amides is 1. The highest BCUT2D eigenvalue weighted by Gasteiger charge is 2.34. The van der Waals surface area contributed by atoms with Crippen LogP contribution in [0.4, 0.5) is 18.9 Å². The molecule has 22 heavy (non-hydrogen) atoms. The standard InChI is InChI=1S/C15H19F3N2O2/c1-14(2,22-3)13(21)19-12-6-4-5-10-7-20(8-11(10)12)9-15(16,17)18/h4-6H,7-9H2,1-3H3,(H,19,21). The number of nitrogens with one attached hydrogen (secondary N) is 1. The van der Waals surface area contributed by atoms with E-state index in [4.69, 9.17) is 4.74 Å². The average Bonchev–Trinajstić information content (AvgIpc) is 2.79. The van der Waals surface area contributed by atoms with Gasteiger partial charge < -0.3 is 10.1 Å². The van der Waals surface area contributed by atoms with E-state index in [2.05, 4.69) is 5.32 Å². The third kappa shape index (κ3) is 3.78. The van der Waals surface area contributed by atoms with Crippen LogP contribution in [0.5, 0.6) is 0 Å². The van der Waals surface area contributed by atoms with Crippen LogP contribution in [0.2, 0.25) is 0 Å². The highest BCUT2D eigenvalue weighted by Crippen LogP contribution is 2.32. The molecule has 0 saturated carbocycles. The number of fused-ring (bicyclic) bond motifs is 1. The van der Waals surface area contributed by atoms with Crippen molar-refractivity contribution in [3.8, 4) is 0 Å². The number of hydrogen-bond donors (Lipinski definition) is 1. The third-order valence-electron chi connectivity index (χ3n) is 3.76. The van der Waals surface area contributed by atoms with Gasteiger partial charge >= 0.3 is 6.18 Å². The van der Waals surface area contributed by atoms with Crippen LogP contribution in [0.15, 0.2) is 18.2 Å². The first-order valence-corrected chi connectivity index (χ1v) is 6.89. The molecule has 1 aliphatic heterocycles. The Hall–Kier alpha value is -1.60.